The average molecular weight is 263 g/mol. The molecule has 4 heteroatoms. The van der Waals surface area contributed by atoms with Crippen LogP contribution < -0.4 is 5.73 Å². The Kier molecular flexibility index (Phi) is 2.64. The number of nitrogen functional groups attached to an aromatic ring is 1. The van der Waals surface area contributed by atoms with Crippen LogP contribution in [0.15, 0.2) is 6.33 Å². The number of halogens is 1. The summed E-state index contributed by atoms with van der Waals surface area (Å²) in [5, 5.41) is 0. The van der Waals surface area contributed by atoms with Gasteiger partial charge in [-0.1, -0.05) is 13.8 Å². The first-order valence-electron chi connectivity index (χ1n) is 3.38. The largest absolute Gasteiger partial charge is 0.383 e. The zero-order chi connectivity index (χ0) is 8.43. The number of hydrogen-bond donors (Lipinski definition) is 1. The fourth-order valence-electron chi connectivity index (χ4n) is 0.800. The highest BCUT2D eigenvalue weighted by Crippen LogP contribution is 2.21. The Morgan fingerprint density at radius 2 is 2.09 bits per heavy atom. The van der Waals surface area contributed by atoms with Gasteiger partial charge in [-0.05, 0) is 28.5 Å². The van der Waals surface area contributed by atoms with E-state index in [1.807, 2.05) is 0 Å². The van der Waals surface area contributed by atoms with Crippen molar-refractivity contribution in [1.29, 1.82) is 0 Å². The number of anilines is 1. The molecule has 0 aliphatic rings. The van der Waals surface area contributed by atoms with Crippen molar-refractivity contribution < 1.29 is 0 Å². The molecule has 60 valence electrons. The molecule has 0 amide bonds. The molecule has 1 aromatic heterocycles. The molecule has 2 N–H and O–H groups in total. The van der Waals surface area contributed by atoms with Gasteiger partial charge in [0.15, 0.2) is 0 Å². The highest BCUT2D eigenvalue weighted by Gasteiger charge is 2.08. The van der Waals surface area contributed by atoms with Gasteiger partial charge in [0.2, 0.25) is 0 Å². The van der Waals surface area contributed by atoms with Crippen molar-refractivity contribution in [2.24, 2.45) is 0 Å². The molecule has 0 fully saturated rings. The Balaban J connectivity index is 3.17. The van der Waals surface area contributed by atoms with Gasteiger partial charge >= 0.3 is 0 Å². The zero-order valence-corrected chi connectivity index (χ0v) is 8.66. The van der Waals surface area contributed by atoms with Crippen molar-refractivity contribution in [3.63, 3.8) is 0 Å². The molecule has 0 aromatic carbocycles. The summed E-state index contributed by atoms with van der Waals surface area (Å²) < 4.78 is 0.972. The molecule has 0 unspecified atom stereocenters. The maximum Gasteiger partial charge on any atom is 0.140 e. The van der Waals surface area contributed by atoms with E-state index in [0.29, 0.717) is 11.7 Å². The van der Waals surface area contributed by atoms with Crippen LogP contribution in [0.5, 0.6) is 0 Å². The normalized spacial score (nSPS) is 10.5. The molecule has 1 rings (SSSR count). The van der Waals surface area contributed by atoms with Crippen LogP contribution >= 0.6 is 22.6 Å². The van der Waals surface area contributed by atoms with Gasteiger partial charge in [-0.15, -0.1) is 0 Å². The van der Waals surface area contributed by atoms with Crippen molar-refractivity contribution in [1.82, 2.24) is 9.97 Å². The summed E-state index contributed by atoms with van der Waals surface area (Å²) in [6, 6.07) is 0. The van der Waals surface area contributed by atoms with Crippen LogP contribution in [-0.2, 0) is 0 Å². The van der Waals surface area contributed by atoms with Crippen molar-refractivity contribution in [2.75, 3.05) is 5.73 Å². The summed E-state index contributed by atoms with van der Waals surface area (Å²) in [4.78, 5) is 8.02. The van der Waals surface area contributed by atoms with E-state index in [-0.39, 0.29) is 0 Å². The molecule has 0 spiro atoms. The van der Waals surface area contributed by atoms with E-state index in [1.54, 1.807) is 0 Å². The molecule has 0 radical (unpaired) electrons. The number of rotatable bonds is 1. The van der Waals surface area contributed by atoms with E-state index in [4.69, 9.17) is 5.73 Å². The second kappa shape index (κ2) is 3.34. The third kappa shape index (κ3) is 1.79. The molecule has 0 bridgehead atoms. The van der Waals surface area contributed by atoms with E-state index >= 15 is 0 Å². The van der Waals surface area contributed by atoms with Gasteiger partial charge < -0.3 is 5.73 Å². The van der Waals surface area contributed by atoms with Gasteiger partial charge in [-0.2, -0.15) is 0 Å². The lowest BCUT2D eigenvalue weighted by Crippen LogP contribution is -2.02. The predicted octanol–water partition coefficient (Wildman–Crippen LogP) is 1.79. The number of hydrogen-bond acceptors (Lipinski definition) is 3. The maximum absolute atomic E-state index is 5.60. The van der Waals surface area contributed by atoms with Crippen LogP contribution in [-0.4, -0.2) is 9.97 Å². The summed E-state index contributed by atoms with van der Waals surface area (Å²) in [6.07, 6.45) is 1.51. The molecule has 0 saturated heterocycles. The smallest absolute Gasteiger partial charge is 0.140 e. The van der Waals surface area contributed by atoms with Crippen LogP contribution in [0.4, 0.5) is 5.82 Å². The zero-order valence-electron chi connectivity index (χ0n) is 6.50. The third-order valence-electron chi connectivity index (χ3n) is 1.39. The van der Waals surface area contributed by atoms with Crippen LogP contribution in [0, 0.1) is 3.57 Å². The standard InChI is InChI=1S/C7H10IN3/c1-4(2)6-5(8)7(9)11-3-10-6/h3-4H,1-2H3,(H2,9,10,11). The Morgan fingerprint density at radius 3 is 2.55 bits per heavy atom. The molecule has 0 aliphatic carbocycles. The fourth-order valence-corrected chi connectivity index (χ4v) is 1.70. The topological polar surface area (TPSA) is 51.8 Å². The molecule has 0 aliphatic heterocycles. The van der Waals surface area contributed by atoms with Crippen LogP contribution in [0.1, 0.15) is 25.5 Å². The minimum atomic E-state index is 0.409. The van der Waals surface area contributed by atoms with Crippen LogP contribution in [0.2, 0.25) is 0 Å². The van der Waals surface area contributed by atoms with E-state index in [1.165, 1.54) is 6.33 Å². The molecule has 11 heavy (non-hydrogen) atoms. The highest BCUT2D eigenvalue weighted by molar-refractivity contribution is 14.1. The van der Waals surface area contributed by atoms with Crippen molar-refractivity contribution in [3.8, 4) is 0 Å². The highest BCUT2D eigenvalue weighted by atomic mass is 127. The second-order valence-corrected chi connectivity index (χ2v) is 3.69. The van der Waals surface area contributed by atoms with E-state index in [9.17, 15) is 0 Å². The summed E-state index contributed by atoms with van der Waals surface area (Å²) in [7, 11) is 0. The van der Waals surface area contributed by atoms with Gasteiger partial charge in [0.1, 0.15) is 12.1 Å². The molecule has 1 aromatic rings. The second-order valence-electron chi connectivity index (χ2n) is 2.61. The van der Waals surface area contributed by atoms with E-state index in [2.05, 4.69) is 46.4 Å². The Bertz CT molecular complexity index is 260. The summed E-state index contributed by atoms with van der Waals surface area (Å²) in [6.45, 7) is 4.17. The molecule has 0 saturated carbocycles. The van der Waals surface area contributed by atoms with Crippen molar-refractivity contribution in [3.05, 3.63) is 15.6 Å². The number of nitrogens with two attached hydrogens (primary N) is 1. The number of nitrogens with zero attached hydrogens (tertiary/aromatic N) is 2. The van der Waals surface area contributed by atoms with Gasteiger partial charge in [-0.3, -0.25) is 0 Å². The first kappa shape index (κ1) is 8.70. The summed E-state index contributed by atoms with van der Waals surface area (Å²) in [5.74, 6) is 0.983. The number of aromatic nitrogens is 2. The molecular formula is C7H10IN3. The SMILES string of the molecule is CC(C)c1ncnc(N)c1I. The lowest BCUT2D eigenvalue weighted by Gasteiger charge is -2.06. The maximum atomic E-state index is 5.60. The Labute approximate surface area is 79.6 Å². The minimum Gasteiger partial charge on any atom is -0.383 e. The van der Waals surface area contributed by atoms with Gasteiger partial charge in [0.25, 0.3) is 0 Å². The van der Waals surface area contributed by atoms with E-state index < -0.39 is 0 Å². The minimum absolute atomic E-state index is 0.409. The molecular weight excluding hydrogens is 253 g/mol. The van der Waals surface area contributed by atoms with Crippen LogP contribution in [0.3, 0.4) is 0 Å². The lowest BCUT2D eigenvalue weighted by atomic mass is 10.1. The van der Waals surface area contributed by atoms with E-state index in [0.717, 1.165) is 9.26 Å². The van der Waals surface area contributed by atoms with Crippen molar-refractivity contribution in [2.45, 2.75) is 19.8 Å². The lowest BCUT2D eigenvalue weighted by molar-refractivity contribution is 0.807. The van der Waals surface area contributed by atoms with Gasteiger partial charge in [0, 0.05) is 0 Å². The monoisotopic (exact) mass is 263 g/mol. The van der Waals surface area contributed by atoms with Crippen molar-refractivity contribution >= 4 is 28.4 Å². The van der Waals surface area contributed by atoms with Gasteiger partial charge in [0.05, 0.1) is 9.26 Å². The molecule has 3 nitrogen and oxygen atoms in total. The predicted molar refractivity (Wildman–Crippen MR) is 53.3 cm³/mol. The Hall–Kier alpha value is -0.390. The van der Waals surface area contributed by atoms with Crippen LogP contribution in [0.25, 0.3) is 0 Å². The fraction of sp³-hybridized carbons (Fsp3) is 0.429. The third-order valence-corrected chi connectivity index (χ3v) is 2.50. The quantitative estimate of drug-likeness (QED) is 0.786. The summed E-state index contributed by atoms with van der Waals surface area (Å²) in [5.41, 5.74) is 6.63. The summed E-state index contributed by atoms with van der Waals surface area (Å²) >= 11 is 2.17. The Morgan fingerprint density at radius 1 is 1.45 bits per heavy atom. The molecule has 0 atom stereocenters. The first-order valence-corrected chi connectivity index (χ1v) is 4.46. The molecule has 1 heterocycles. The average Bonchev–Trinajstić information content (AvgIpc) is 1.94. The van der Waals surface area contributed by atoms with Gasteiger partial charge in [-0.25, -0.2) is 9.97 Å². The first-order chi connectivity index (χ1) is 5.13.